The van der Waals surface area contributed by atoms with Crippen LogP contribution in [0.4, 0.5) is 13.2 Å². The Hall–Kier alpha value is -0.770. The molecule has 1 nitrogen and oxygen atoms in total. The van der Waals surface area contributed by atoms with Gasteiger partial charge in [0.25, 0.3) is 6.43 Å². The van der Waals surface area contributed by atoms with E-state index in [-0.39, 0.29) is 11.4 Å². The zero-order chi connectivity index (χ0) is 10.0. The van der Waals surface area contributed by atoms with Crippen LogP contribution in [0, 0.1) is 12.7 Å². The van der Waals surface area contributed by atoms with Crippen molar-refractivity contribution in [2.45, 2.75) is 19.2 Å². The standard InChI is InChI=1S/C8H7ClF3N/c1-4-5(2-9)3-13-7(6(4)10)8(11)12/h3,8H,2H2,1H3. The minimum absolute atomic E-state index is 0.0687. The van der Waals surface area contributed by atoms with Gasteiger partial charge in [-0.25, -0.2) is 13.2 Å². The molecule has 5 heteroatoms. The summed E-state index contributed by atoms with van der Waals surface area (Å²) in [6.45, 7) is 1.40. The van der Waals surface area contributed by atoms with Crippen molar-refractivity contribution in [1.29, 1.82) is 0 Å². The lowest BCUT2D eigenvalue weighted by molar-refractivity contribution is 0.140. The smallest absolute Gasteiger partial charge is 0.252 e. The highest BCUT2D eigenvalue weighted by atomic mass is 35.5. The molecule has 13 heavy (non-hydrogen) atoms. The molecule has 0 N–H and O–H groups in total. The highest BCUT2D eigenvalue weighted by Crippen LogP contribution is 2.23. The Morgan fingerprint density at radius 3 is 2.62 bits per heavy atom. The van der Waals surface area contributed by atoms with E-state index in [0.29, 0.717) is 5.56 Å². The Morgan fingerprint density at radius 1 is 1.54 bits per heavy atom. The Bertz CT molecular complexity index is 315. The fourth-order valence-electron chi connectivity index (χ4n) is 0.921. The van der Waals surface area contributed by atoms with Gasteiger partial charge in [-0.15, -0.1) is 11.6 Å². The third kappa shape index (κ3) is 1.94. The first kappa shape index (κ1) is 10.3. The molecule has 0 atom stereocenters. The van der Waals surface area contributed by atoms with Crippen LogP contribution in [0.3, 0.4) is 0 Å². The minimum atomic E-state index is -2.89. The van der Waals surface area contributed by atoms with Gasteiger partial charge in [0.1, 0.15) is 5.69 Å². The van der Waals surface area contributed by atoms with Gasteiger partial charge in [0.2, 0.25) is 0 Å². The van der Waals surface area contributed by atoms with Crippen molar-refractivity contribution in [2.24, 2.45) is 0 Å². The summed E-state index contributed by atoms with van der Waals surface area (Å²) in [5.74, 6) is -0.896. The topological polar surface area (TPSA) is 12.9 Å². The van der Waals surface area contributed by atoms with Crippen LogP contribution in [-0.4, -0.2) is 4.98 Å². The van der Waals surface area contributed by atoms with E-state index in [1.807, 2.05) is 0 Å². The zero-order valence-electron chi connectivity index (χ0n) is 6.82. The molecule has 0 saturated heterocycles. The second-order valence-electron chi connectivity index (χ2n) is 2.54. The normalized spacial score (nSPS) is 10.9. The molecule has 1 rings (SSSR count). The molecule has 1 aromatic heterocycles. The van der Waals surface area contributed by atoms with Crippen molar-refractivity contribution in [3.8, 4) is 0 Å². The maximum Gasteiger partial charge on any atom is 0.283 e. The van der Waals surface area contributed by atoms with Crippen molar-refractivity contribution < 1.29 is 13.2 Å². The third-order valence-corrected chi connectivity index (χ3v) is 2.03. The van der Waals surface area contributed by atoms with E-state index in [1.165, 1.54) is 13.1 Å². The van der Waals surface area contributed by atoms with E-state index in [2.05, 4.69) is 4.98 Å². The highest BCUT2D eigenvalue weighted by Gasteiger charge is 2.18. The van der Waals surface area contributed by atoms with Gasteiger partial charge in [0.05, 0.1) is 0 Å². The van der Waals surface area contributed by atoms with Gasteiger partial charge in [-0.05, 0) is 18.1 Å². The molecule has 0 spiro atoms. The van der Waals surface area contributed by atoms with Crippen LogP contribution < -0.4 is 0 Å². The Balaban J connectivity index is 3.23. The summed E-state index contributed by atoms with van der Waals surface area (Å²) in [7, 11) is 0. The fourth-order valence-corrected chi connectivity index (χ4v) is 1.19. The van der Waals surface area contributed by atoms with E-state index < -0.39 is 17.9 Å². The lowest BCUT2D eigenvalue weighted by atomic mass is 10.1. The molecular formula is C8H7ClF3N. The number of alkyl halides is 3. The monoisotopic (exact) mass is 209 g/mol. The molecule has 0 aliphatic carbocycles. The molecule has 0 fully saturated rings. The molecule has 0 aliphatic heterocycles. The minimum Gasteiger partial charge on any atom is -0.252 e. The summed E-state index contributed by atoms with van der Waals surface area (Å²) in [5, 5.41) is 0. The molecule has 0 unspecified atom stereocenters. The Kier molecular flexibility index (Phi) is 3.14. The summed E-state index contributed by atoms with van der Waals surface area (Å²) in [6.07, 6.45) is -1.71. The van der Waals surface area contributed by atoms with Gasteiger partial charge < -0.3 is 0 Å². The average Bonchev–Trinajstić information content (AvgIpc) is 2.09. The molecule has 0 aromatic carbocycles. The van der Waals surface area contributed by atoms with Crippen molar-refractivity contribution in [3.63, 3.8) is 0 Å². The van der Waals surface area contributed by atoms with Crippen LogP contribution in [0.5, 0.6) is 0 Å². The van der Waals surface area contributed by atoms with E-state index in [9.17, 15) is 13.2 Å². The predicted molar refractivity (Wildman–Crippen MR) is 43.4 cm³/mol. The van der Waals surface area contributed by atoms with Gasteiger partial charge in [-0.3, -0.25) is 4.98 Å². The van der Waals surface area contributed by atoms with Crippen molar-refractivity contribution in [2.75, 3.05) is 0 Å². The number of halogens is 4. The fraction of sp³-hybridized carbons (Fsp3) is 0.375. The first-order chi connectivity index (χ1) is 6.07. The van der Waals surface area contributed by atoms with Crippen LogP contribution in [0.1, 0.15) is 23.2 Å². The first-order valence-electron chi connectivity index (χ1n) is 3.56. The van der Waals surface area contributed by atoms with Crippen LogP contribution in [0.25, 0.3) is 0 Å². The van der Waals surface area contributed by atoms with Gasteiger partial charge in [-0.2, -0.15) is 0 Å². The van der Waals surface area contributed by atoms with Crippen molar-refractivity contribution in [3.05, 3.63) is 28.8 Å². The van der Waals surface area contributed by atoms with Crippen LogP contribution >= 0.6 is 11.6 Å². The molecule has 72 valence electrons. The predicted octanol–water partition coefficient (Wildman–Crippen LogP) is 3.21. The quantitative estimate of drug-likeness (QED) is 0.682. The number of hydrogen-bond acceptors (Lipinski definition) is 1. The molecule has 0 bridgehead atoms. The maximum absolute atomic E-state index is 13.1. The summed E-state index contributed by atoms with van der Waals surface area (Å²) >= 11 is 5.44. The first-order valence-corrected chi connectivity index (χ1v) is 4.09. The molecule has 0 saturated carbocycles. The largest absolute Gasteiger partial charge is 0.283 e. The second-order valence-corrected chi connectivity index (χ2v) is 2.81. The SMILES string of the molecule is Cc1c(CCl)cnc(C(F)F)c1F. The second kappa shape index (κ2) is 3.96. The zero-order valence-corrected chi connectivity index (χ0v) is 7.58. The van der Waals surface area contributed by atoms with Crippen LogP contribution in [-0.2, 0) is 5.88 Å². The molecule has 0 aliphatic rings. The van der Waals surface area contributed by atoms with Crippen LogP contribution in [0.2, 0.25) is 0 Å². The van der Waals surface area contributed by atoms with Gasteiger partial charge in [0, 0.05) is 12.1 Å². The van der Waals surface area contributed by atoms with Gasteiger partial charge in [-0.1, -0.05) is 0 Å². The maximum atomic E-state index is 13.1. The molecule has 0 amide bonds. The number of nitrogens with zero attached hydrogens (tertiary/aromatic N) is 1. The third-order valence-electron chi connectivity index (χ3n) is 1.75. The van der Waals surface area contributed by atoms with Crippen molar-refractivity contribution in [1.82, 2.24) is 4.98 Å². The van der Waals surface area contributed by atoms with E-state index >= 15 is 0 Å². The van der Waals surface area contributed by atoms with E-state index in [1.54, 1.807) is 0 Å². The summed E-state index contributed by atoms with van der Waals surface area (Å²) in [6, 6.07) is 0. The lowest BCUT2D eigenvalue weighted by Gasteiger charge is -2.06. The molecule has 1 heterocycles. The molecular weight excluding hydrogens is 203 g/mol. The molecule has 1 aromatic rings. The van der Waals surface area contributed by atoms with Gasteiger partial charge in [0.15, 0.2) is 5.82 Å². The number of aromatic nitrogens is 1. The van der Waals surface area contributed by atoms with E-state index in [4.69, 9.17) is 11.6 Å². The number of hydrogen-bond donors (Lipinski definition) is 0. The van der Waals surface area contributed by atoms with Gasteiger partial charge >= 0.3 is 0 Å². The number of rotatable bonds is 2. The number of pyridine rings is 1. The Labute approximate surface area is 78.5 Å². The summed E-state index contributed by atoms with van der Waals surface area (Å²) in [4.78, 5) is 3.30. The highest BCUT2D eigenvalue weighted by molar-refractivity contribution is 6.17. The average molecular weight is 210 g/mol. The lowest BCUT2D eigenvalue weighted by Crippen LogP contribution is -2.01. The summed E-state index contributed by atoms with van der Waals surface area (Å²) < 4.78 is 37.3. The van der Waals surface area contributed by atoms with Crippen molar-refractivity contribution >= 4 is 11.6 Å². The summed E-state index contributed by atoms with van der Waals surface area (Å²) in [5.41, 5.74) is -0.241. The van der Waals surface area contributed by atoms with Crippen LogP contribution in [0.15, 0.2) is 6.20 Å². The Morgan fingerprint density at radius 2 is 2.15 bits per heavy atom. The van der Waals surface area contributed by atoms with E-state index in [0.717, 1.165) is 0 Å². The molecule has 0 radical (unpaired) electrons.